The summed E-state index contributed by atoms with van der Waals surface area (Å²) in [5, 5.41) is 6.33. The summed E-state index contributed by atoms with van der Waals surface area (Å²) in [4.78, 5) is 12.3. The maximum absolute atomic E-state index is 13.1. The van der Waals surface area contributed by atoms with Gasteiger partial charge in [0.1, 0.15) is 5.82 Å². The molecule has 2 N–H and O–H groups in total. The van der Waals surface area contributed by atoms with Crippen LogP contribution in [0.1, 0.15) is 38.5 Å². The van der Waals surface area contributed by atoms with E-state index < -0.39 is 5.82 Å². The Kier molecular flexibility index (Phi) is 4.45. The third-order valence-electron chi connectivity index (χ3n) is 4.65. The van der Waals surface area contributed by atoms with Crippen LogP contribution >= 0.6 is 11.6 Å². The topological polar surface area (TPSA) is 41.1 Å². The first kappa shape index (κ1) is 14.8. The third-order valence-corrected chi connectivity index (χ3v) is 4.94. The Morgan fingerprint density at radius 1 is 1.24 bits per heavy atom. The average Bonchev–Trinajstić information content (AvgIpc) is 2.50. The van der Waals surface area contributed by atoms with Crippen LogP contribution in [-0.2, 0) is 4.79 Å². The van der Waals surface area contributed by atoms with Crippen LogP contribution in [0.4, 0.5) is 10.1 Å². The summed E-state index contributed by atoms with van der Waals surface area (Å²) >= 11 is 5.73. The highest BCUT2D eigenvalue weighted by atomic mass is 35.5. The van der Waals surface area contributed by atoms with Crippen molar-refractivity contribution in [2.75, 3.05) is 5.32 Å². The fraction of sp³-hybridized carbons (Fsp3) is 0.562. The zero-order valence-electron chi connectivity index (χ0n) is 11.9. The van der Waals surface area contributed by atoms with Gasteiger partial charge in [-0.25, -0.2) is 4.39 Å². The standard InChI is InChI=1S/C16H20ClFN2O/c17-12-9-11(6-7-13(12)18)19-16(21)15-8-5-10-3-1-2-4-14(10)20-15/h6-7,9-10,14-15,20H,1-5,8H2,(H,19,21). The Labute approximate surface area is 129 Å². The van der Waals surface area contributed by atoms with Crippen LogP contribution in [0.3, 0.4) is 0 Å². The predicted molar refractivity (Wildman–Crippen MR) is 81.9 cm³/mol. The molecule has 3 unspecified atom stereocenters. The summed E-state index contributed by atoms with van der Waals surface area (Å²) in [5.41, 5.74) is 0.541. The van der Waals surface area contributed by atoms with Gasteiger partial charge in [0.2, 0.25) is 5.91 Å². The van der Waals surface area contributed by atoms with Crippen molar-refractivity contribution in [1.29, 1.82) is 0 Å². The first-order chi connectivity index (χ1) is 10.1. The highest BCUT2D eigenvalue weighted by Crippen LogP contribution is 2.32. The van der Waals surface area contributed by atoms with Crippen molar-refractivity contribution in [2.24, 2.45) is 5.92 Å². The lowest BCUT2D eigenvalue weighted by atomic mass is 9.77. The Morgan fingerprint density at radius 3 is 2.86 bits per heavy atom. The molecule has 1 aliphatic heterocycles. The smallest absolute Gasteiger partial charge is 0.241 e. The lowest BCUT2D eigenvalue weighted by molar-refractivity contribution is -0.119. The van der Waals surface area contributed by atoms with Crippen LogP contribution < -0.4 is 10.6 Å². The SMILES string of the molecule is O=C(Nc1ccc(F)c(Cl)c1)C1CCC2CCCCC2N1. The number of halogens is 2. The van der Waals surface area contributed by atoms with Gasteiger partial charge in [0, 0.05) is 11.7 Å². The van der Waals surface area contributed by atoms with Gasteiger partial charge in [0.05, 0.1) is 11.1 Å². The highest BCUT2D eigenvalue weighted by Gasteiger charge is 2.34. The molecule has 1 heterocycles. The second-order valence-electron chi connectivity index (χ2n) is 6.07. The molecule has 1 aliphatic carbocycles. The summed E-state index contributed by atoms with van der Waals surface area (Å²) in [5.74, 6) is 0.195. The molecule has 3 nitrogen and oxygen atoms in total. The zero-order valence-corrected chi connectivity index (χ0v) is 12.6. The Balaban J connectivity index is 1.61. The van der Waals surface area contributed by atoms with E-state index in [0.717, 1.165) is 25.2 Å². The maximum atomic E-state index is 13.1. The molecule has 2 aliphatic rings. The van der Waals surface area contributed by atoms with Gasteiger partial charge in [0.25, 0.3) is 0 Å². The van der Waals surface area contributed by atoms with E-state index in [1.165, 1.54) is 37.5 Å². The number of piperidine rings is 1. The molecule has 114 valence electrons. The number of anilines is 1. The summed E-state index contributed by atoms with van der Waals surface area (Å²) in [7, 11) is 0. The molecule has 1 saturated heterocycles. The molecular formula is C16H20ClFN2O. The number of nitrogens with one attached hydrogen (secondary N) is 2. The summed E-state index contributed by atoms with van der Waals surface area (Å²) < 4.78 is 13.1. The molecule has 5 heteroatoms. The van der Waals surface area contributed by atoms with Crippen molar-refractivity contribution in [3.63, 3.8) is 0 Å². The molecule has 1 aromatic carbocycles. The van der Waals surface area contributed by atoms with Gasteiger partial charge >= 0.3 is 0 Å². The lowest BCUT2D eigenvalue weighted by Crippen LogP contribution is -2.53. The van der Waals surface area contributed by atoms with Crippen LogP contribution in [0, 0.1) is 11.7 Å². The van der Waals surface area contributed by atoms with Crippen molar-refractivity contribution < 1.29 is 9.18 Å². The quantitative estimate of drug-likeness (QED) is 0.874. The van der Waals surface area contributed by atoms with Gasteiger partial charge in [0.15, 0.2) is 0 Å². The van der Waals surface area contributed by atoms with E-state index in [2.05, 4.69) is 10.6 Å². The van der Waals surface area contributed by atoms with Crippen molar-refractivity contribution in [3.05, 3.63) is 29.0 Å². The van der Waals surface area contributed by atoms with Crippen LogP contribution in [0.5, 0.6) is 0 Å². The van der Waals surface area contributed by atoms with E-state index >= 15 is 0 Å². The number of hydrogen-bond acceptors (Lipinski definition) is 2. The van der Waals surface area contributed by atoms with Crippen LogP contribution in [0.15, 0.2) is 18.2 Å². The minimum Gasteiger partial charge on any atom is -0.325 e. The Hall–Kier alpha value is -1.13. The van der Waals surface area contributed by atoms with E-state index in [-0.39, 0.29) is 17.0 Å². The molecule has 2 fully saturated rings. The molecule has 1 amide bonds. The van der Waals surface area contributed by atoms with E-state index in [4.69, 9.17) is 11.6 Å². The minimum absolute atomic E-state index is 0.0248. The summed E-state index contributed by atoms with van der Waals surface area (Å²) in [6, 6.07) is 4.56. The lowest BCUT2D eigenvalue weighted by Gasteiger charge is -2.39. The van der Waals surface area contributed by atoms with Crippen molar-refractivity contribution in [3.8, 4) is 0 Å². The Bertz CT molecular complexity index is 537. The fourth-order valence-corrected chi connectivity index (χ4v) is 3.69. The molecule has 1 aromatic rings. The molecule has 0 aromatic heterocycles. The second kappa shape index (κ2) is 6.32. The first-order valence-electron chi connectivity index (χ1n) is 7.65. The number of carbonyl (C=O) groups excluding carboxylic acids is 1. The molecule has 0 bridgehead atoms. The predicted octanol–water partition coefficient (Wildman–Crippen LogP) is 3.73. The van der Waals surface area contributed by atoms with Crippen LogP contribution in [0.2, 0.25) is 5.02 Å². The molecule has 21 heavy (non-hydrogen) atoms. The van der Waals surface area contributed by atoms with E-state index in [9.17, 15) is 9.18 Å². The van der Waals surface area contributed by atoms with E-state index in [0.29, 0.717) is 11.7 Å². The van der Waals surface area contributed by atoms with Crippen molar-refractivity contribution in [2.45, 2.75) is 50.6 Å². The minimum atomic E-state index is -0.476. The van der Waals surface area contributed by atoms with Gasteiger partial charge in [-0.2, -0.15) is 0 Å². The monoisotopic (exact) mass is 310 g/mol. The van der Waals surface area contributed by atoms with E-state index in [1.807, 2.05) is 0 Å². The largest absolute Gasteiger partial charge is 0.325 e. The van der Waals surface area contributed by atoms with Gasteiger partial charge < -0.3 is 10.6 Å². The van der Waals surface area contributed by atoms with E-state index in [1.54, 1.807) is 0 Å². The number of amides is 1. The number of fused-ring (bicyclic) bond motifs is 1. The first-order valence-corrected chi connectivity index (χ1v) is 8.03. The van der Waals surface area contributed by atoms with Gasteiger partial charge in [-0.1, -0.05) is 24.4 Å². The molecule has 3 rings (SSSR count). The van der Waals surface area contributed by atoms with Crippen LogP contribution in [0.25, 0.3) is 0 Å². The number of benzene rings is 1. The maximum Gasteiger partial charge on any atom is 0.241 e. The third kappa shape index (κ3) is 3.38. The molecule has 0 spiro atoms. The fourth-order valence-electron chi connectivity index (χ4n) is 3.51. The van der Waals surface area contributed by atoms with Gasteiger partial charge in [-0.3, -0.25) is 4.79 Å². The van der Waals surface area contributed by atoms with Gasteiger partial charge in [-0.15, -0.1) is 0 Å². The second-order valence-corrected chi connectivity index (χ2v) is 6.47. The van der Waals surface area contributed by atoms with Crippen molar-refractivity contribution in [1.82, 2.24) is 5.32 Å². The summed E-state index contributed by atoms with van der Waals surface area (Å²) in [6.45, 7) is 0. The van der Waals surface area contributed by atoms with Crippen molar-refractivity contribution >= 4 is 23.2 Å². The number of hydrogen-bond donors (Lipinski definition) is 2. The normalized spacial score (nSPS) is 28.8. The van der Waals surface area contributed by atoms with Crippen LogP contribution in [-0.4, -0.2) is 18.0 Å². The molecule has 1 saturated carbocycles. The highest BCUT2D eigenvalue weighted by molar-refractivity contribution is 6.31. The molecular weight excluding hydrogens is 291 g/mol. The molecule has 3 atom stereocenters. The van der Waals surface area contributed by atoms with Gasteiger partial charge in [-0.05, 0) is 49.8 Å². The Morgan fingerprint density at radius 2 is 2.05 bits per heavy atom. The summed E-state index contributed by atoms with van der Waals surface area (Å²) in [6.07, 6.45) is 6.97. The number of rotatable bonds is 2. The number of carbonyl (C=O) groups is 1. The average molecular weight is 311 g/mol. The molecule has 0 radical (unpaired) electrons. The zero-order chi connectivity index (χ0) is 14.8.